The topological polar surface area (TPSA) is 103 Å². The van der Waals surface area contributed by atoms with Gasteiger partial charge in [0, 0.05) is 37.6 Å². The molecule has 0 spiro atoms. The minimum atomic E-state index is 0.101. The molecule has 10 nitrogen and oxygen atoms in total. The van der Waals surface area contributed by atoms with Crippen LogP contribution >= 0.6 is 0 Å². The molecule has 0 radical (unpaired) electrons. The van der Waals surface area contributed by atoms with E-state index in [1.165, 1.54) is 6.33 Å². The van der Waals surface area contributed by atoms with E-state index in [9.17, 15) is 0 Å². The van der Waals surface area contributed by atoms with Gasteiger partial charge in [-0.1, -0.05) is 0 Å². The Bertz CT molecular complexity index is 936. The number of fused-ring (bicyclic) bond motifs is 1. The van der Waals surface area contributed by atoms with E-state index in [1.54, 1.807) is 16.9 Å². The maximum absolute atomic E-state index is 6.29. The Morgan fingerprint density at radius 3 is 2.62 bits per heavy atom. The van der Waals surface area contributed by atoms with E-state index in [0.717, 1.165) is 50.2 Å². The first-order chi connectivity index (χ1) is 14.3. The van der Waals surface area contributed by atoms with Crippen LogP contribution in [0.25, 0.3) is 5.65 Å². The first-order valence-corrected chi connectivity index (χ1v) is 10.1. The molecule has 0 aromatic carbocycles. The average Bonchev–Trinajstić information content (AvgIpc) is 3.26. The molecule has 0 atom stereocenters. The zero-order chi connectivity index (χ0) is 19.5. The Kier molecular flexibility index (Phi) is 5.08. The highest BCUT2D eigenvalue weighted by Crippen LogP contribution is 2.26. The van der Waals surface area contributed by atoms with Gasteiger partial charge in [-0.3, -0.25) is 0 Å². The van der Waals surface area contributed by atoms with Crippen molar-refractivity contribution in [2.75, 3.05) is 36.5 Å². The molecular weight excluding hydrogens is 372 g/mol. The van der Waals surface area contributed by atoms with Gasteiger partial charge in [0.1, 0.15) is 18.2 Å². The largest absolute Gasteiger partial charge is 0.460 e. The number of anilines is 2. The van der Waals surface area contributed by atoms with Gasteiger partial charge in [0.2, 0.25) is 5.95 Å². The number of morpholine rings is 1. The average molecular weight is 396 g/mol. The van der Waals surface area contributed by atoms with Crippen LogP contribution < -0.4 is 15.0 Å². The van der Waals surface area contributed by atoms with Gasteiger partial charge in [-0.25, -0.2) is 15.0 Å². The summed E-state index contributed by atoms with van der Waals surface area (Å²) in [5.41, 5.74) is 0.744. The van der Waals surface area contributed by atoms with Gasteiger partial charge in [-0.05, 0) is 31.7 Å². The predicted molar refractivity (Wildman–Crippen MR) is 106 cm³/mol. The number of nitrogens with zero attached hydrogens (tertiary/aromatic N) is 7. The zero-order valence-corrected chi connectivity index (χ0v) is 16.1. The van der Waals surface area contributed by atoms with E-state index in [-0.39, 0.29) is 6.10 Å². The maximum atomic E-state index is 6.29. The molecule has 3 aromatic heterocycles. The van der Waals surface area contributed by atoms with E-state index >= 15 is 0 Å². The SMILES string of the molecule is c1cnc(NC2CCC(Oc3nc(N4CCOCC4)cc4ncnn34)CC2)nc1. The number of hydrogen-bond donors (Lipinski definition) is 1. The van der Waals surface area contributed by atoms with Crippen LogP contribution in [0, 0.1) is 0 Å². The lowest BCUT2D eigenvalue weighted by molar-refractivity contribution is 0.121. The number of rotatable bonds is 5. The number of aromatic nitrogens is 6. The molecule has 152 valence electrons. The van der Waals surface area contributed by atoms with Crippen LogP contribution in [0.15, 0.2) is 30.9 Å². The molecule has 5 rings (SSSR count). The van der Waals surface area contributed by atoms with Gasteiger partial charge in [-0.2, -0.15) is 14.6 Å². The number of hydrogen-bond acceptors (Lipinski definition) is 9. The molecule has 29 heavy (non-hydrogen) atoms. The molecule has 1 saturated heterocycles. The van der Waals surface area contributed by atoms with E-state index in [4.69, 9.17) is 14.5 Å². The summed E-state index contributed by atoms with van der Waals surface area (Å²) < 4.78 is 13.4. The minimum absolute atomic E-state index is 0.101. The van der Waals surface area contributed by atoms with E-state index in [2.05, 4.69) is 30.3 Å². The Morgan fingerprint density at radius 2 is 1.83 bits per heavy atom. The van der Waals surface area contributed by atoms with E-state index in [0.29, 0.717) is 31.2 Å². The fraction of sp³-hybridized carbons (Fsp3) is 0.526. The van der Waals surface area contributed by atoms with Crippen LogP contribution in [0.3, 0.4) is 0 Å². The van der Waals surface area contributed by atoms with Crippen molar-refractivity contribution in [3.8, 4) is 6.01 Å². The van der Waals surface area contributed by atoms with Gasteiger partial charge < -0.3 is 19.7 Å². The van der Waals surface area contributed by atoms with E-state index < -0.39 is 0 Å². The number of nitrogens with one attached hydrogen (secondary N) is 1. The molecule has 1 N–H and O–H groups in total. The van der Waals surface area contributed by atoms with Crippen molar-refractivity contribution in [3.63, 3.8) is 0 Å². The van der Waals surface area contributed by atoms with Crippen LogP contribution in [0.4, 0.5) is 11.8 Å². The third kappa shape index (κ3) is 4.07. The molecule has 2 fully saturated rings. The fourth-order valence-electron chi connectivity index (χ4n) is 3.85. The van der Waals surface area contributed by atoms with Crippen LogP contribution in [-0.2, 0) is 4.74 Å². The Hall–Kier alpha value is -3.01. The summed E-state index contributed by atoms with van der Waals surface area (Å²) in [7, 11) is 0. The van der Waals surface area contributed by atoms with Gasteiger partial charge in [0.15, 0.2) is 5.65 Å². The van der Waals surface area contributed by atoms with Crippen molar-refractivity contribution in [3.05, 3.63) is 30.9 Å². The van der Waals surface area contributed by atoms with Crippen LogP contribution in [0.1, 0.15) is 25.7 Å². The smallest absolute Gasteiger partial charge is 0.321 e. The second-order valence-electron chi connectivity index (χ2n) is 7.33. The summed E-state index contributed by atoms with van der Waals surface area (Å²) in [4.78, 5) is 19.8. The first-order valence-electron chi connectivity index (χ1n) is 10.1. The van der Waals surface area contributed by atoms with Crippen molar-refractivity contribution < 1.29 is 9.47 Å². The third-order valence-corrected chi connectivity index (χ3v) is 5.40. The highest BCUT2D eigenvalue weighted by Gasteiger charge is 2.25. The summed E-state index contributed by atoms with van der Waals surface area (Å²) in [6.07, 6.45) is 8.99. The van der Waals surface area contributed by atoms with Gasteiger partial charge in [-0.15, -0.1) is 0 Å². The van der Waals surface area contributed by atoms with Crippen molar-refractivity contribution in [1.82, 2.24) is 29.5 Å². The fourth-order valence-corrected chi connectivity index (χ4v) is 3.85. The molecule has 1 aliphatic carbocycles. The number of ether oxygens (including phenoxy) is 2. The predicted octanol–water partition coefficient (Wildman–Crippen LogP) is 1.55. The molecule has 1 aliphatic heterocycles. The summed E-state index contributed by atoms with van der Waals surface area (Å²) >= 11 is 0. The Labute approximate surface area is 168 Å². The molecule has 10 heteroatoms. The first kappa shape index (κ1) is 18.0. The van der Waals surface area contributed by atoms with Crippen LogP contribution in [0.5, 0.6) is 6.01 Å². The summed E-state index contributed by atoms with van der Waals surface area (Å²) in [5, 5.41) is 7.69. The van der Waals surface area contributed by atoms with Gasteiger partial charge in [0.05, 0.1) is 13.2 Å². The van der Waals surface area contributed by atoms with Gasteiger partial charge >= 0.3 is 6.01 Å². The maximum Gasteiger partial charge on any atom is 0.321 e. The van der Waals surface area contributed by atoms with Crippen molar-refractivity contribution in [1.29, 1.82) is 0 Å². The Morgan fingerprint density at radius 1 is 1.03 bits per heavy atom. The molecule has 1 saturated carbocycles. The second-order valence-corrected chi connectivity index (χ2v) is 7.33. The molecule has 3 aromatic rings. The van der Waals surface area contributed by atoms with Crippen LogP contribution in [0.2, 0.25) is 0 Å². The third-order valence-electron chi connectivity index (χ3n) is 5.40. The molecule has 0 amide bonds. The monoisotopic (exact) mass is 396 g/mol. The standard InChI is InChI=1S/C19H24N8O2/c1-6-20-18(21-7-1)24-14-2-4-15(5-3-14)29-19-25-17(26-8-10-28-11-9-26)12-16-22-13-23-27(16)19/h1,6-7,12-15H,2-5,8-11H2,(H,20,21,24). The molecule has 0 unspecified atom stereocenters. The highest BCUT2D eigenvalue weighted by atomic mass is 16.5. The summed E-state index contributed by atoms with van der Waals surface area (Å²) in [6, 6.07) is 4.63. The van der Waals surface area contributed by atoms with Crippen LogP contribution in [-0.4, -0.2) is 68.0 Å². The summed E-state index contributed by atoms with van der Waals surface area (Å²) in [6.45, 7) is 3.04. The van der Waals surface area contributed by atoms with Crippen molar-refractivity contribution >= 4 is 17.4 Å². The minimum Gasteiger partial charge on any atom is -0.460 e. The van der Waals surface area contributed by atoms with Crippen molar-refractivity contribution in [2.45, 2.75) is 37.8 Å². The highest BCUT2D eigenvalue weighted by molar-refractivity contribution is 5.52. The molecule has 2 aliphatic rings. The molecular formula is C19H24N8O2. The van der Waals surface area contributed by atoms with Gasteiger partial charge in [0.25, 0.3) is 0 Å². The summed E-state index contributed by atoms with van der Waals surface area (Å²) in [5.74, 6) is 1.54. The lowest BCUT2D eigenvalue weighted by Crippen LogP contribution is -2.37. The zero-order valence-electron chi connectivity index (χ0n) is 16.1. The molecule has 0 bridgehead atoms. The molecule has 4 heterocycles. The lowest BCUT2D eigenvalue weighted by atomic mass is 9.93. The normalized spacial score (nSPS) is 22.6. The Balaban J connectivity index is 1.26. The second kappa shape index (κ2) is 8.16. The van der Waals surface area contributed by atoms with Crippen molar-refractivity contribution in [2.24, 2.45) is 0 Å². The quantitative estimate of drug-likeness (QED) is 0.688. The van der Waals surface area contributed by atoms with E-state index in [1.807, 2.05) is 12.1 Å². The lowest BCUT2D eigenvalue weighted by Gasteiger charge is -2.30.